The molecule has 124 valence electrons. The second-order valence-corrected chi connectivity index (χ2v) is 7.52. The maximum Gasteiger partial charge on any atom is 0.334 e. The lowest BCUT2D eigenvalue weighted by atomic mass is 10.0. The van der Waals surface area contributed by atoms with Gasteiger partial charge in [0.25, 0.3) is 0 Å². The quantitative estimate of drug-likeness (QED) is 0.915. The third-order valence-corrected chi connectivity index (χ3v) is 5.97. The van der Waals surface area contributed by atoms with Gasteiger partial charge in [0.1, 0.15) is 0 Å². The summed E-state index contributed by atoms with van der Waals surface area (Å²) in [4.78, 5) is 27.1. The number of amides is 1. The van der Waals surface area contributed by atoms with Gasteiger partial charge in [-0.05, 0) is 25.0 Å². The van der Waals surface area contributed by atoms with Crippen LogP contribution in [-0.4, -0.2) is 52.4 Å². The molecule has 1 aromatic carbocycles. The monoisotopic (exact) mass is 335 g/mol. The van der Waals surface area contributed by atoms with E-state index in [0.29, 0.717) is 6.54 Å². The Hall–Kier alpha value is -1.53. The number of carbonyl (C=O) groups excluding carboxylic acids is 1. The number of ether oxygens (including phenoxy) is 1. The fourth-order valence-corrected chi connectivity index (χ4v) is 4.74. The van der Waals surface area contributed by atoms with Gasteiger partial charge < -0.3 is 14.7 Å². The van der Waals surface area contributed by atoms with Crippen LogP contribution in [0, 0.1) is 0 Å². The van der Waals surface area contributed by atoms with E-state index < -0.39 is 16.8 Å². The van der Waals surface area contributed by atoms with Gasteiger partial charge in [0.05, 0.1) is 17.9 Å². The molecule has 1 saturated heterocycles. The van der Waals surface area contributed by atoms with Gasteiger partial charge in [0.15, 0.2) is 6.10 Å². The second kappa shape index (κ2) is 6.93. The summed E-state index contributed by atoms with van der Waals surface area (Å²) >= 11 is 1.63. The van der Waals surface area contributed by atoms with Crippen LogP contribution in [0.3, 0.4) is 0 Å². The largest absolute Gasteiger partial charge is 0.479 e. The van der Waals surface area contributed by atoms with Crippen molar-refractivity contribution < 1.29 is 19.4 Å². The molecule has 1 N–H and O–H groups in total. The van der Waals surface area contributed by atoms with Crippen molar-refractivity contribution in [2.24, 2.45) is 0 Å². The molecule has 2 aliphatic rings. The highest BCUT2D eigenvalue weighted by atomic mass is 32.2. The van der Waals surface area contributed by atoms with E-state index in [1.807, 2.05) is 30.3 Å². The fraction of sp³-hybridized carbons (Fsp3) is 0.529. The van der Waals surface area contributed by atoms with E-state index in [9.17, 15) is 9.59 Å². The molecule has 5 nitrogen and oxygen atoms in total. The van der Waals surface area contributed by atoms with Gasteiger partial charge >= 0.3 is 5.97 Å². The molecule has 0 aromatic heterocycles. The first-order valence-corrected chi connectivity index (χ1v) is 8.80. The van der Waals surface area contributed by atoms with Gasteiger partial charge in [-0.15, -0.1) is 11.8 Å². The van der Waals surface area contributed by atoms with Gasteiger partial charge in [-0.25, -0.2) is 4.79 Å². The number of carboxylic acid groups (broad SMARTS) is 1. The van der Waals surface area contributed by atoms with E-state index in [1.165, 1.54) is 0 Å². The van der Waals surface area contributed by atoms with Crippen molar-refractivity contribution >= 4 is 23.6 Å². The molecular weight excluding hydrogens is 314 g/mol. The highest BCUT2D eigenvalue weighted by Gasteiger charge is 2.46. The number of nitrogens with zero attached hydrogens (tertiary/aromatic N) is 1. The third kappa shape index (κ3) is 3.53. The van der Waals surface area contributed by atoms with Crippen LogP contribution in [0.5, 0.6) is 0 Å². The molecule has 23 heavy (non-hydrogen) atoms. The van der Waals surface area contributed by atoms with E-state index in [2.05, 4.69) is 0 Å². The first-order valence-electron chi connectivity index (χ1n) is 7.99. The Bertz CT molecular complexity index is 571. The minimum Gasteiger partial charge on any atom is -0.479 e. The number of carboxylic acids is 1. The smallest absolute Gasteiger partial charge is 0.334 e. The first kappa shape index (κ1) is 16.3. The molecule has 2 fully saturated rings. The highest BCUT2D eigenvalue weighted by molar-refractivity contribution is 8.01. The molecule has 1 aliphatic carbocycles. The summed E-state index contributed by atoms with van der Waals surface area (Å²) in [5.41, 5.74) is 0. The maximum atomic E-state index is 13.2. The number of benzene rings is 1. The van der Waals surface area contributed by atoms with Crippen molar-refractivity contribution in [1.29, 1.82) is 0 Å². The fourth-order valence-electron chi connectivity index (χ4n) is 3.29. The topological polar surface area (TPSA) is 66.8 Å². The Balaban J connectivity index is 1.77. The molecule has 3 rings (SSSR count). The zero-order chi connectivity index (χ0) is 16.3. The molecule has 1 saturated carbocycles. The Morgan fingerprint density at radius 3 is 2.57 bits per heavy atom. The molecule has 1 heterocycles. The predicted molar refractivity (Wildman–Crippen MR) is 87.5 cm³/mol. The average Bonchev–Trinajstić information content (AvgIpc) is 3.05. The molecule has 0 spiro atoms. The first-order chi connectivity index (χ1) is 11.1. The van der Waals surface area contributed by atoms with Crippen molar-refractivity contribution in [2.45, 2.75) is 41.4 Å². The number of thioether (sulfide) groups is 1. The Kier molecular flexibility index (Phi) is 4.92. The van der Waals surface area contributed by atoms with E-state index in [4.69, 9.17) is 9.84 Å². The molecule has 0 bridgehead atoms. The number of aliphatic carboxylic acids is 1. The minimum absolute atomic E-state index is 0.0680. The van der Waals surface area contributed by atoms with Crippen LogP contribution in [0.25, 0.3) is 0 Å². The lowest BCUT2D eigenvalue weighted by molar-refractivity contribution is -0.160. The minimum atomic E-state index is -1.00. The second-order valence-electron chi connectivity index (χ2n) is 6.07. The highest BCUT2D eigenvalue weighted by Crippen LogP contribution is 2.46. The molecule has 1 amide bonds. The van der Waals surface area contributed by atoms with E-state index >= 15 is 0 Å². The number of hydrogen-bond donors (Lipinski definition) is 1. The van der Waals surface area contributed by atoms with Gasteiger partial charge in [0, 0.05) is 11.4 Å². The van der Waals surface area contributed by atoms with Crippen molar-refractivity contribution in [3.63, 3.8) is 0 Å². The predicted octanol–water partition coefficient (Wildman–Crippen LogP) is 2.40. The van der Waals surface area contributed by atoms with Crippen LogP contribution in [0.1, 0.15) is 25.7 Å². The molecule has 1 aliphatic heterocycles. The van der Waals surface area contributed by atoms with E-state index in [0.717, 1.165) is 30.6 Å². The normalized spacial score (nSPS) is 23.7. The summed E-state index contributed by atoms with van der Waals surface area (Å²) in [7, 11) is 0. The number of rotatable bonds is 4. The number of carbonyl (C=O) groups is 2. The summed E-state index contributed by atoms with van der Waals surface area (Å²) in [5.74, 6) is -0.933. The molecule has 0 radical (unpaired) electrons. The zero-order valence-corrected chi connectivity index (χ0v) is 13.8. The van der Waals surface area contributed by atoms with Crippen molar-refractivity contribution in [3.8, 4) is 0 Å². The van der Waals surface area contributed by atoms with E-state index in [-0.39, 0.29) is 19.1 Å². The molecule has 1 aromatic rings. The average molecular weight is 335 g/mol. The lowest BCUT2D eigenvalue weighted by Gasteiger charge is -2.37. The van der Waals surface area contributed by atoms with Crippen LogP contribution < -0.4 is 0 Å². The Morgan fingerprint density at radius 1 is 1.22 bits per heavy atom. The van der Waals surface area contributed by atoms with Gasteiger partial charge in [-0.2, -0.15) is 0 Å². The van der Waals surface area contributed by atoms with Gasteiger partial charge in [-0.1, -0.05) is 31.0 Å². The van der Waals surface area contributed by atoms with Gasteiger partial charge in [-0.3, -0.25) is 4.79 Å². The van der Waals surface area contributed by atoms with Crippen molar-refractivity contribution in [1.82, 2.24) is 4.90 Å². The molecule has 1 atom stereocenters. The van der Waals surface area contributed by atoms with Crippen LogP contribution in [0.15, 0.2) is 35.2 Å². The summed E-state index contributed by atoms with van der Waals surface area (Å²) in [5, 5.41) is 9.13. The third-order valence-electron chi connectivity index (χ3n) is 4.49. The summed E-state index contributed by atoms with van der Waals surface area (Å²) in [6, 6.07) is 9.97. The lowest BCUT2D eigenvalue weighted by Crippen LogP contribution is -2.54. The summed E-state index contributed by atoms with van der Waals surface area (Å²) < 4.78 is 4.78. The Morgan fingerprint density at radius 2 is 1.91 bits per heavy atom. The number of morpholine rings is 1. The zero-order valence-electron chi connectivity index (χ0n) is 12.9. The molecule has 1 unspecified atom stereocenters. The van der Waals surface area contributed by atoms with Crippen molar-refractivity contribution in [3.05, 3.63) is 30.3 Å². The summed E-state index contributed by atoms with van der Waals surface area (Å²) in [6.07, 6.45) is 2.87. The molecule has 6 heteroatoms. The summed E-state index contributed by atoms with van der Waals surface area (Å²) in [6.45, 7) is 0.903. The van der Waals surface area contributed by atoms with Crippen LogP contribution in [0.2, 0.25) is 0 Å². The standard InChI is InChI=1S/C17H21NO4S/c19-15(20)14-12-18(10-11-22-14)16(21)17(8-4-5-9-17)23-13-6-2-1-3-7-13/h1-3,6-7,14H,4-5,8-12H2,(H,19,20). The number of hydrogen-bond acceptors (Lipinski definition) is 4. The van der Waals surface area contributed by atoms with Crippen molar-refractivity contribution in [2.75, 3.05) is 19.7 Å². The van der Waals surface area contributed by atoms with Crippen LogP contribution in [0.4, 0.5) is 0 Å². The van der Waals surface area contributed by atoms with Crippen LogP contribution in [-0.2, 0) is 14.3 Å². The van der Waals surface area contributed by atoms with E-state index in [1.54, 1.807) is 16.7 Å². The molecular formula is C17H21NO4S. The van der Waals surface area contributed by atoms with Gasteiger partial charge in [0.2, 0.25) is 5.91 Å². The van der Waals surface area contributed by atoms with Crippen LogP contribution >= 0.6 is 11.8 Å². The Labute approximate surface area is 140 Å². The SMILES string of the molecule is O=C(O)C1CN(C(=O)C2(Sc3ccccc3)CCCC2)CCO1. The maximum absolute atomic E-state index is 13.2.